The van der Waals surface area contributed by atoms with Crippen LogP contribution >= 0.6 is 34.5 Å². The molecule has 4 rings (SSSR count). The Morgan fingerprint density at radius 1 is 1.14 bits per heavy atom. The summed E-state index contributed by atoms with van der Waals surface area (Å²) in [5.74, 6) is -1.71. The molecule has 0 aliphatic rings. The zero-order valence-electron chi connectivity index (χ0n) is 18.9. The molecule has 2 heterocycles. The van der Waals surface area contributed by atoms with Crippen molar-refractivity contribution in [3.63, 3.8) is 0 Å². The largest absolute Gasteiger partial charge is 0.481 e. The van der Waals surface area contributed by atoms with Gasteiger partial charge in [-0.1, -0.05) is 53.5 Å². The van der Waals surface area contributed by atoms with E-state index in [0.29, 0.717) is 21.1 Å². The summed E-state index contributed by atoms with van der Waals surface area (Å²) >= 11 is 14.6. The van der Waals surface area contributed by atoms with Gasteiger partial charge in [-0.3, -0.25) is 14.6 Å². The summed E-state index contributed by atoms with van der Waals surface area (Å²) < 4.78 is 0.986. The molecule has 2 aromatic carbocycles. The van der Waals surface area contributed by atoms with Crippen LogP contribution < -0.4 is 11.2 Å². The van der Waals surface area contributed by atoms with E-state index in [9.17, 15) is 19.5 Å². The monoisotopic (exact) mass is 530 g/mol. The van der Waals surface area contributed by atoms with E-state index < -0.39 is 28.6 Å². The molecule has 2 N–H and O–H groups in total. The standard InChI is InChI=1S/C24H20Cl2N4O4S/c1-12(21(32)33)20-19(13-7-5-4-6-8-13)29-22(35-20)24(2,3)18-15(25)9-14(10-16(18)26)30-23(34)28-17(31)11-27-30/h4-12H,1-3H3,(H,32,33)(H,28,31,34). The first-order chi connectivity index (χ1) is 16.5. The summed E-state index contributed by atoms with van der Waals surface area (Å²) in [7, 11) is 0. The van der Waals surface area contributed by atoms with E-state index in [-0.39, 0.29) is 15.7 Å². The van der Waals surface area contributed by atoms with Crippen LogP contribution in [0.1, 0.15) is 42.1 Å². The lowest BCUT2D eigenvalue weighted by Gasteiger charge is -2.26. The Bertz CT molecular complexity index is 1520. The summed E-state index contributed by atoms with van der Waals surface area (Å²) in [5.41, 5.74) is 0.101. The second-order valence-electron chi connectivity index (χ2n) is 8.42. The first-order valence-electron chi connectivity index (χ1n) is 10.5. The van der Waals surface area contributed by atoms with Gasteiger partial charge in [0.1, 0.15) is 11.2 Å². The van der Waals surface area contributed by atoms with Crippen LogP contribution in [0.3, 0.4) is 0 Å². The smallest absolute Gasteiger partial charge is 0.349 e. The summed E-state index contributed by atoms with van der Waals surface area (Å²) in [5, 5.41) is 14.7. The molecule has 0 saturated carbocycles. The fourth-order valence-electron chi connectivity index (χ4n) is 3.73. The fourth-order valence-corrected chi connectivity index (χ4v) is 5.92. The maximum atomic E-state index is 12.2. The molecule has 0 bridgehead atoms. The lowest BCUT2D eigenvalue weighted by molar-refractivity contribution is -0.138. The van der Waals surface area contributed by atoms with E-state index in [0.717, 1.165) is 16.4 Å². The van der Waals surface area contributed by atoms with Crippen molar-refractivity contribution >= 4 is 40.5 Å². The number of nitrogens with zero attached hydrogens (tertiary/aromatic N) is 3. The third kappa shape index (κ3) is 4.67. The lowest BCUT2D eigenvalue weighted by Crippen LogP contribution is -2.30. The van der Waals surface area contributed by atoms with Crippen molar-refractivity contribution < 1.29 is 9.90 Å². The van der Waals surface area contributed by atoms with Gasteiger partial charge in [0.25, 0.3) is 5.56 Å². The molecule has 1 unspecified atom stereocenters. The molecule has 4 aromatic rings. The minimum Gasteiger partial charge on any atom is -0.481 e. The third-order valence-corrected chi connectivity index (χ3v) is 7.77. The number of carbonyl (C=O) groups is 1. The van der Waals surface area contributed by atoms with Gasteiger partial charge in [0.2, 0.25) is 0 Å². The second-order valence-corrected chi connectivity index (χ2v) is 10.3. The predicted molar refractivity (Wildman–Crippen MR) is 136 cm³/mol. The van der Waals surface area contributed by atoms with E-state index in [1.165, 1.54) is 23.5 Å². The minimum atomic E-state index is -0.950. The van der Waals surface area contributed by atoms with Gasteiger partial charge in [-0.15, -0.1) is 11.3 Å². The highest BCUT2D eigenvalue weighted by atomic mass is 35.5. The quantitative estimate of drug-likeness (QED) is 0.367. The van der Waals surface area contributed by atoms with Gasteiger partial charge >= 0.3 is 11.7 Å². The molecular weight excluding hydrogens is 511 g/mol. The van der Waals surface area contributed by atoms with Gasteiger partial charge in [0.15, 0.2) is 0 Å². The maximum Gasteiger partial charge on any atom is 0.349 e. The number of aromatic nitrogens is 4. The van der Waals surface area contributed by atoms with E-state index >= 15 is 0 Å². The summed E-state index contributed by atoms with van der Waals surface area (Å²) in [4.78, 5) is 42.9. The number of rotatable bonds is 6. The number of aliphatic carboxylic acids is 1. The summed E-state index contributed by atoms with van der Waals surface area (Å²) in [6.45, 7) is 5.42. The van der Waals surface area contributed by atoms with E-state index in [1.54, 1.807) is 6.92 Å². The first-order valence-corrected chi connectivity index (χ1v) is 12.1. The van der Waals surface area contributed by atoms with Gasteiger partial charge in [0, 0.05) is 31.5 Å². The van der Waals surface area contributed by atoms with Crippen molar-refractivity contribution in [1.82, 2.24) is 19.7 Å². The van der Waals surface area contributed by atoms with Gasteiger partial charge in [-0.05, 0) is 32.9 Å². The lowest BCUT2D eigenvalue weighted by atomic mass is 9.85. The number of thiazole rings is 1. The van der Waals surface area contributed by atoms with Crippen LogP contribution in [0.4, 0.5) is 0 Å². The van der Waals surface area contributed by atoms with Crippen LogP contribution in [0.5, 0.6) is 0 Å². The van der Waals surface area contributed by atoms with Crippen LogP contribution in [-0.4, -0.2) is 30.8 Å². The maximum absolute atomic E-state index is 12.2. The molecule has 0 aliphatic heterocycles. The van der Waals surface area contributed by atoms with Crippen molar-refractivity contribution in [2.45, 2.75) is 32.1 Å². The Hall–Kier alpha value is -3.27. The molecule has 0 fully saturated rings. The number of carboxylic acid groups (broad SMARTS) is 1. The summed E-state index contributed by atoms with van der Waals surface area (Å²) in [6, 6.07) is 12.4. The second kappa shape index (κ2) is 9.41. The van der Waals surface area contributed by atoms with Crippen LogP contribution in [0, 0.1) is 0 Å². The number of hydrogen-bond acceptors (Lipinski definition) is 6. The molecule has 2 aromatic heterocycles. The molecule has 0 aliphatic carbocycles. The number of nitrogens with one attached hydrogen (secondary N) is 1. The van der Waals surface area contributed by atoms with E-state index in [1.807, 2.05) is 44.2 Å². The number of hydrogen-bond donors (Lipinski definition) is 2. The molecule has 0 spiro atoms. The molecule has 180 valence electrons. The first kappa shape index (κ1) is 24.8. The van der Waals surface area contributed by atoms with Crippen LogP contribution in [0.25, 0.3) is 16.9 Å². The van der Waals surface area contributed by atoms with E-state index in [2.05, 4.69) is 10.1 Å². The Kier molecular flexibility index (Phi) is 6.68. The average Bonchev–Trinajstić information content (AvgIpc) is 3.24. The number of halogens is 2. The molecule has 0 amide bonds. The molecule has 0 saturated heterocycles. The van der Waals surface area contributed by atoms with Crippen molar-refractivity contribution in [3.05, 3.63) is 95.0 Å². The predicted octanol–water partition coefficient (Wildman–Crippen LogP) is 4.87. The Morgan fingerprint density at radius 2 is 1.77 bits per heavy atom. The zero-order chi connectivity index (χ0) is 25.5. The van der Waals surface area contributed by atoms with E-state index in [4.69, 9.17) is 28.2 Å². The van der Waals surface area contributed by atoms with Crippen LogP contribution in [0.2, 0.25) is 10.0 Å². The number of aromatic amines is 1. The average molecular weight is 531 g/mol. The van der Waals surface area contributed by atoms with Crippen molar-refractivity contribution in [1.29, 1.82) is 0 Å². The molecular formula is C24H20Cl2N4O4S. The number of benzene rings is 2. The highest BCUT2D eigenvalue weighted by Crippen LogP contribution is 2.45. The third-order valence-electron chi connectivity index (χ3n) is 5.61. The number of H-pyrrole nitrogens is 1. The number of carboxylic acids is 1. The highest BCUT2D eigenvalue weighted by Gasteiger charge is 2.35. The highest BCUT2D eigenvalue weighted by molar-refractivity contribution is 7.12. The van der Waals surface area contributed by atoms with Gasteiger partial charge < -0.3 is 5.11 Å². The molecule has 11 heteroatoms. The Morgan fingerprint density at radius 3 is 2.34 bits per heavy atom. The molecule has 8 nitrogen and oxygen atoms in total. The fraction of sp³-hybridized carbons (Fsp3) is 0.208. The Labute approximate surface area is 213 Å². The molecule has 35 heavy (non-hydrogen) atoms. The minimum absolute atomic E-state index is 0.265. The Balaban J connectivity index is 1.86. The van der Waals surface area contributed by atoms with Crippen molar-refractivity contribution in [2.24, 2.45) is 0 Å². The molecule has 1 atom stereocenters. The van der Waals surface area contributed by atoms with Crippen LogP contribution in [0.15, 0.2) is 58.3 Å². The molecule has 0 radical (unpaired) electrons. The van der Waals surface area contributed by atoms with Crippen LogP contribution in [-0.2, 0) is 10.2 Å². The topological polar surface area (TPSA) is 118 Å². The SMILES string of the molecule is CC(C(=O)O)c1sc(C(C)(C)c2c(Cl)cc(-n3ncc(=O)[nH]c3=O)cc2Cl)nc1-c1ccccc1. The van der Waals surface area contributed by atoms with Gasteiger partial charge in [-0.2, -0.15) is 9.78 Å². The normalized spacial score (nSPS) is 12.5. The van der Waals surface area contributed by atoms with Gasteiger partial charge in [0.05, 0.1) is 17.3 Å². The summed E-state index contributed by atoms with van der Waals surface area (Å²) in [6.07, 6.45) is 0.979. The van der Waals surface area contributed by atoms with Gasteiger partial charge in [-0.25, -0.2) is 9.78 Å². The van der Waals surface area contributed by atoms with Crippen molar-refractivity contribution in [3.8, 4) is 16.9 Å². The van der Waals surface area contributed by atoms with Crippen molar-refractivity contribution in [2.75, 3.05) is 0 Å². The zero-order valence-corrected chi connectivity index (χ0v) is 21.2.